The molecule has 0 fully saturated rings. The number of allylic oxidation sites excluding steroid dienone is 2. The van der Waals surface area contributed by atoms with Crippen LogP contribution in [-0.2, 0) is 19.1 Å². The van der Waals surface area contributed by atoms with Crippen LogP contribution in [0.4, 0.5) is 0 Å². The average Bonchev–Trinajstić information content (AvgIpc) is 2.77. The second-order valence-corrected chi connectivity index (χ2v) is 7.52. The summed E-state index contributed by atoms with van der Waals surface area (Å²) in [7, 11) is 1.96. The summed E-state index contributed by atoms with van der Waals surface area (Å²) in [5, 5.41) is 1.67. The number of nitrogens with zero attached hydrogens (tertiary/aromatic N) is 1. The van der Waals surface area contributed by atoms with Gasteiger partial charge >= 0.3 is 0 Å². The van der Waals surface area contributed by atoms with Crippen molar-refractivity contribution in [2.24, 2.45) is 0 Å². The SMILES string of the molecule is [2H]C1([2H])CC([2H])([2H])c2cccc3cc(C)c(cc23)C2C=C(C=CN2C)C([2H])([2H])c2cccc1c2. The molecule has 1 atom stereocenters. The maximum Gasteiger partial charge on any atom is 0.0726 e. The van der Waals surface area contributed by atoms with Crippen molar-refractivity contribution in [2.45, 2.75) is 38.5 Å². The van der Waals surface area contributed by atoms with Crippen molar-refractivity contribution in [3.8, 4) is 0 Å². The Hall–Kier alpha value is -2.80. The lowest BCUT2D eigenvalue weighted by atomic mass is 9.89. The summed E-state index contributed by atoms with van der Waals surface area (Å²) >= 11 is 0. The summed E-state index contributed by atoms with van der Waals surface area (Å²) in [4.78, 5) is 2.03. The zero-order valence-electron chi connectivity index (χ0n) is 22.2. The summed E-state index contributed by atoms with van der Waals surface area (Å²) in [5.74, 6) is 0. The zero-order chi connectivity index (χ0) is 24.5. The lowest BCUT2D eigenvalue weighted by Gasteiger charge is -2.30. The summed E-state index contributed by atoms with van der Waals surface area (Å²) in [6.07, 6.45) is -0.547. The molecule has 0 N–H and O–H groups in total. The van der Waals surface area contributed by atoms with Gasteiger partial charge in [0, 0.05) is 15.3 Å². The molecule has 28 heavy (non-hydrogen) atoms. The number of rotatable bonds is 0. The highest BCUT2D eigenvalue weighted by atomic mass is 15.1. The lowest BCUT2D eigenvalue weighted by molar-refractivity contribution is 0.386. The molecular weight excluding hydrogens is 338 g/mol. The van der Waals surface area contributed by atoms with Gasteiger partial charge in [0.2, 0.25) is 0 Å². The van der Waals surface area contributed by atoms with Crippen LogP contribution in [0.5, 0.6) is 0 Å². The maximum atomic E-state index is 8.95. The van der Waals surface area contributed by atoms with Crippen molar-refractivity contribution in [1.29, 1.82) is 0 Å². The summed E-state index contributed by atoms with van der Waals surface area (Å²) in [6.45, 7) is 2.02. The fourth-order valence-electron chi connectivity index (χ4n) is 4.07. The van der Waals surface area contributed by atoms with Crippen LogP contribution >= 0.6 is 0 Å². The van der Waals surface area contributed by atoms with Gasteiger partial charge in [-0.3, -0.25) is 0 Å². The Kier molecular flexibility index (Phi) is 2.97. The molecule has 5 rings (SSSR count). The van der Waals surface area contributed by atoms with E-state index in [1.165, 1.54) is 0 Å². The molecule has 1 heteroatoms. The van der Waals surface area contributed by atoms with E-state index < -0.39 is 19.1 Å². The first-order chi connectivity index (χ1) is 15.9. The largest absolute Gasteiger partial charge is 0.370 e. The smallest absolute Gasteiger partial charge is 0.0726 e. The molecule has 3 aromatic rings. The van der Waals surface area contributed by atoms with Crippen molar-refractivity contribution < 1.29 is 8.22 Å². The Morgan fingerprint density at radius 2 is 1.86 bits per heavy atom. The van der Waals surface area contributed by atoms with Crippen LogP contribution in [0.2, 0.25) is 0 Å². The molecule has 1 nitrogen and oxygen atoms in total. The maximum absolute atomic E-state index is 8.95. The molecule has 1 heterocycles. The quantitative estimate of drug-likeness (QED) is 0.448. The van der Waals surface area contributed by atoms with Crippen molar-refractivity contribution in [1.82, 2.24) is 4.90 Å². The van der Waals surface area contributed by atoms with Gasteiger partial charge in [-0.25, -0.2) is 0 Å². The average molecular weight is 372 g/mol. The van der Waals surface area contributed by atoms with E-state index in [4.69, 9.17) is 8.22 Å². The molecule has 0 saturated heterocycles. The van der Waals surface area contributed by atoms with E-state index in [0.717, 1.165) is 21.9 Å². The first-order valence-corrected chi connectivity index (χ1v) is 9.67. The fraction of sp³-hybridized carbons (Fsp3) is 0.259. The number of aryl methyl sites for hydroxylation is 3. The minimum Gasteiger partial charge on any atom is -0.370 e. The van der Waals surface area contributed by atoms with Gasteiger partial charge in [-0.2, -0.15) is 0 Å². The lowest BCUT2D eigenvalue weighted by Crippen LogP contribution is -2.21. The van der Waals surface area contributed by atoms with Crippen molar-refractivity contribution in [3.63, 3.8) is 0 Å². The molecule has 0 radical (unpaired) electrons. The third kappa shape index (κ3) is 3.16. The Labute approximate surface area is 176 Å². The minimum absolute atomic E-state index is 0.212. The molecule has 0 saturated carbocycles. The van der Waals surface area contributed by atoms with E-state index in [-0.39, 0.29) is 18.0 Å². The number of benzene rings is 3. The van der Waals surface area contributed by atoms with Gasteiger partial charge in [0.05, 0.1) is 6.04 Å². The Bertz CT molecular complexity index is 1350. The van der Waals surface area contributed by atoms with Gasteiger partial charge in [0.15, 0.2) is 0 Å². The van der Waals surface area contributed by atoms with E-state index in [1.54, 1.807) is 36.4 Å². The van der Waals surface area contributed by atoms with Crippen molar-refractivity contribution in [2.75, 3.05) is 7.05 Å². The summed E-state index contributed by atoms with van der Waals surface area (Å²) < 4.78 is 53.3. The zero-order valence-corrected chi connectivity index (χ0v) is 16.2. The van der Waals surface area contributed by atoms with E-state index in [9.17, 15) is 0 Å². The van der Waals surface area contributed by atoms with E-state index in [1.807, 2.05) is 55.4 Å². The number of hydrogen-bond acceptors (Lipinski definition) is 1. The molecular formula is C27H27N. The van der Waals surface area contributed by atoms with Gasteiger partial charge in [0.1, 0.15) is 0 Å². The molecule has 140 valence electrons. The normalized spacial score (nSPS) is 27.4. The first kappa shape index (κ1) is 11.9. The second-order valence-electron chi connectivity index (χ2n) is 7.52. The van der Waals surface area contributed by atoms with Crippen LogP contribution in [0.25, 0.3) is 10.8 Å². The molecule has 0 amide bonds. The molecule has 1 unspecified atom stereocenters. The van der Waals surface area contributed by atoms with E-state index in [2.05, 4.69) is 0 Å². The minimum atomic E-state index is -1.99. The second kappa shape index (κ2) is 6.98. The van der Waals surface area contributed by atoms with Gasteiger partial charge < -0.3 is 4.90 Å². The van der Waals surface area contributed by atoms with Crippen LogP contribution in [0, 0.1) is 6.92 Å². The van der Waals surface area contributed by atoms with Crippen LogP contribution in [-0.4, -0.2) is 11.9 Å². The highest BCUT2D eigenvalue weighted by molar-refractivity contribution is 5.87. The van der Waals surface area contributed by atoms with Crippen molar-refractivity contribution in [3.05, 3.63) is 106 Å². The number of hydrogen-bond donors (Lipinski definition) is 0. The molecule has 3 aromatic carbocycles. The molecule has 1 aliphatic heterocycles. The number of fused-ring (bicyclic) bond motifs is 5. The van der Waals surface area contributed by atoms with E-state index >= 15 is 0 Å². The fourth-order valence-corrected chi connectivity index (χ4v) is 4.07. The molecule has 6 bridgehead atoms. The van der Waals surface area contributed by atoms with Gasteiger partial charge in [0.25, 0.3) is 0 Å². The van der Waals surface area contributed by atoms with Crippen LogP contribution in [0.15, 0.2) is 78.5 Å². The molecule has 0 aromatic heterocycles. The molecule has 1 aliphatic carbocycles. The summed E-state index contributed by atoms with van der Waals surface area (Å²) in [5.41, 5.74) is 3.65. The van der Waals surface area contributed by atoms with E-state index in [0.29, 0.717) is 16.7 Å². The predicted molar refractivity (Wildman–Crippen MR) is 119 cm³/mol. The Morgan fingerprint density at radius 3 is 2.79 bits per heavy atom. The highest BCUT2D eigenvalue weighted by Gasteiger charge is 2.20. The van der Waals surface area contributed by atoms with Gasteiger partial charge in [-0.15, -0.1) is 0 Å². The van der Waals surface area contributed by atoms with Gasteiger partial charge in [-0.05, 0) is 95.0 Å². The first-order valence-electron chi connectivity index (χ1n) is 12.7. The van der Waals surface area contributed by atoms with Crippen LogP contribution < -0.4 is 0 Å². The van der Waals surface area contributed by atoms with Crippen LogP contribution in [0.1, 0.15) is 48.5 Å². The number of likely N-dealkylation sites (N-methyl/N-ethyl adjacent to an activating group) is 1. The Morgan fingerprint density at radius 1 is 1.00 bits per heavy atom. The van der Waals surface area contributed by atoms with Gasteiger partial charge in [-0.1, -0.05) is 54.6 Å². The van der Waals surface area contributed by atoms with Crippen molar-refractivity contribution >= 4 is 10.8 Å². The monoisotopic (exact) mass is 371 g/mol. The topological polar surface area (TPSA) is 3.24 Å². The summed E-state index contributed by atoms with van der Waals surface area (Å²) in [6, 6.07) is 15.9. The third-order valence-corrected chi connectivity index (χ3v) is 5.57. The molecule has 0 spiro atoms. The third-order valence-electron chi connectivity index (χ3n) is 5.57. The molecule has 2 aliphatic rings. The standard InChI is InChI=1S/C27H27N/c1-19-14-24-11-5-10-23-9-4-7-20-6-3-8-21(15-20)16-22-12-13-28(2)27(17-22)25(19)18-26(23)24/h3,5-6,8,10-15,17-18,27H,4,7,9,16H2,1-2H3/i7D2,9D2,16D2. The Balaban J connectivity index is 1.85. The van der Waals surface area contributed by atoms with Crippen LogP contribution in [0.3, 0.4) is 0 Å². The highest BCUT2D eigenvalue weighted by Crippen LogP contribution is 2.34. The predicted octanol–water partition coefficient (Wildman–Crippen LogP) is 6.31.